The first-order valence-corrected chi connectivity index (χ1v) is 5.89. The summed E-state index contributed by atoms with van der Waals surface area (Å²) in [4.78, 5) is 34.0. The van der Waals surface area contributed by atoms with E-state index in [2.05, 4.69) is 5.32 Å². The van der Waals surface area contributed by atoms with E-state index in [4.69, 9.17) is 0 Å². The van der Waals surface area contributed by atoms with E-state index in [-0.39, 0.29) is 12.0 Å². The van der Waals surface area contributed by atoms with Crippen molar-refractivity contribution in [1.82, 2.24) is 5.32 Å². The number of carbonyl (C=O) groups excluding carboxylic acids is 3. The largest absolute Gasteiger partial charge is 0.293 e. The zero-order valence-electron chi connectivity index (χ0n) is 10.5. The standard InChI is InChI=1S/C15H13NO3/c1-10-5-2-3-6-11(10)7-4-8-12-13(17)9-14(18)16-15(12)19/h2-8H,9H2,1H3,(H,16,18,19)/b7-4+,12-8+. The number of nitrogens with one attached hydrogen (secondary N) is 1. The number of rotatable bonds is 2. The first kappa shape index (κ1) is 13.0. The fourth-order valence-corrected chi connectivity index (χ4v) is 1.80. The first-order chi connectivity index (χ1) is 9.08. The maximum absolute atomic E-state index is 11.5. The first-order valence-electron chi connectivity index (χ1n) is 5.89. The van der Waals surface area contributed by atoms with E-state index in [0.29, 0.717) is 0 Å². The molecular formula is C15H13NO3. The molecule has 2 amide bonds. The highest BCUT2D eigenvalue weighted by Gasteiger charge is 2.27. The number of Topliss-reactive ketones (excluding diaryl/α,β-unsaturated/α-hetero) is 1. The van der Waals surface area contributed by atoms with E-state index >= 15 is 0 Å². The number of benzene rings is 1. The van der Waals surface area contributed by atoms with Gasteiger partial charge in [-0.1, -0.05) is 36.4 Å². The molecule has 4 heteroatoms. The van der Waals surface area contributed by atoms with Gasteiger partial charge >= 0.3 is 0 Å². The average molecular weight is 255 g/mol. The maximum Gasteiger partial charge on any atom is 0.261 e. The molecule has 1 aromatic rings. The van der Waals surface area contributed by atoms with Crippen LogP contribution in [0.4, 0.5) is 0 Å². The molecule has 0 atom stereocenters. The van der Waals surface area contributed by atoms with Crippen molar-refractivity contribution in [3.05, 3.63) is 53.1 Å². The molecule has 2 rings (SSSR count). The summed E-state index contributed by atoms with van der Waals surface area (Å²) < 4.78 is 0. The van der Waals surface area contributed by atoms with Crippen LogP contribution < -0.4 is 5.32 Å². The quantitative estimate of drug-likeness (QED) is 0.377. The number of piperidine rings is 1. The molecule has 1 heterocycles. The van der Waals surface area contributed by atoms with Gasteiger partial charge in [-0.2, -0.15) is 0 Å². The molecule has 0 radical (unpaired) electrons. The molecule has 1 fully saturated rings. The zero-order valence-corrected chi connectivity index (χ0v) is 10.5. The molecule has 0 spiro atoms. The Morgan fingerprint density at radius 3 is 2.58 bits per heavy atom. The molecule has 1 aliphatic heterocycles. The third-order valence-electron chi connectivity index (χ3n) is 2.85. The lowest BCUT2D eigenvalue weighted by atomic mass is 10.0. The van der Waals surface area contributed by atoms with E-state index in [1.54, 1.807) is 6.08 Å². The molecule has 1 aliphatic rings. The second-order valence-corrected chi connectivity index (χ2v) is 4.27. The van der Waals surface area contributed by atoms with Gasteiger partial charge in [0.15, 0.2) is 5.78 Å². The van der Waals surface area contributed by atoms with Crippen LogP contribution in [0.25, 0.3) is 6.08 Å². The smallest absolute Gasteiger partial charge is 0.261 e. The van der Waals surface area contributed by atoms with Gasteiger partial charge in [0.1, 0.15) is 0 Å². The maximum atomic E-state index is 11.5. The third-order valence-corrected chi connectivity index (χ3v) is 2.85. The second kappa shape index (κ2) is 5.44. The highest BCUT2D eigenvalue weighted by atomic mass is 16.2. The Hall–Kier alpha value is -2.49. The topological polar surface area (TPSA) is 63.2 Å². The van der Waals surface area contributed by atoms with Crippen LogP contribution in [-0.4, -0.2) is 17.6 Å². The molecule has 0 saturated carbocycles. The van der Waals surface area contributed by atoms with E-state index < -0.39 is 17.6 Å². The lowest BCUT2D eigenvalue weighted by molar-refractivity contribution is -0.134. The number of ketones is 1. The van der Waals surface area contributed by atoms with Crippen LogP contribution in [0.3, 0.4) is 0 Å². The highest BCUT2D eigenvalue weighted by molar-refractivity contribution is 6.30. The molecule has 0 bridgehead atoms. The van der Waals surface area contributed by atoms with Gasteiger partial charge in [-0.05, 0) is 24.1 Å². The van der Waals surface area contributed by atoms with Crippen molar-refractivity contribution in [2.45, 2.75) is 13.3 Å². The molecule has 1 saturated heterocycles. The summed E-state index contributed by atoms with van der Waals surface area (Å²) in [6, 6.07) is 7.77. The van der Waals surface area contributed by atoms with Crippen molar-refractivity contribution in [2.24, 2.45) is 0 Å². The van der Waals surface area contributed by atoms with Crippen LogP contribution in [0.1, 0.15) is 17.5 Å². The Bertz CT molecular complexity index is 590. The van der Waals surface area contributed by atoms with Gasteiger partial charge in [-0.25, -0.2) is 0 Å². The normalized spacial score (nSPS) is 18.2. The summed E-state index contributed by atoms with van der Waals surface area (Å²) in [6.45, 7) is 1.98. The van der Waals surface area contributed by atoms with Crippen LogP contribution in [0, 0.1) is 6.92 Å². The Morgan fingerprint density at radius 1 is 1.16 bits per heavy atom. The molecule has 19 heavy (non-hydrogen) atoms. The van der Waals surface area contributed by atoms with Crippen LogP contribution in [0.5, 0.6) is 0 Å². The number of imide groups is 1. The van der Waals surface area contributed by atoms with Crippen LogP contribution in [0.2, 0.25) is 0 Å². The summed E-state index contributed by atoms with van der Waals surface area (Å²) >= 11 is 0. The van der Waals surface area contributed by atoms with Crippen molar-refractivity contribution in [3.63, 3.8) is 0 Å². The Labute approximate surface area is 110 Å². The molecule has 4 nitrogen and oxygen atoms in total. The SMILES string of the molecule is Cc1ccccc1/C=C/C=C1\C(=O)CC(=O)NC1=O. The Balaban J connectivity index is 2.18. The van der Waals surface area contributed by atoms with E-state index in [0.717, 1.165) is 11.1 Å². The van der Waals surface area contributed by atoms with Gasteiger partial charge < -0.3 is 0 Å². The summed E-state index contributed by atoms with van der Waals surface area (Å²) in [6.07, 6.45) is 4.64. The summed E-state index contributed by atoms with van der Waals surface area (Å²) in [5.41, 5.74) is 2.13. The van der Waals surface area contributed by atoms with Gasteiger partial charge in [-0.15, -0.1) is 0 Å². The predicted octanol–water partition coefficient (Wildman–Crippen LogP) is 1.55. The van der Waals surface area contributed by atoms with Gasteiger partial charge in [0, 0.05) is 0 Å². The Kier molecular flexibility index (Phi) is 3.71. The predicted molar refractivity (Wildman–Crippen MR) is 71.1 cm³/mol. The minimum absolute atomic E-state index is 0.0180. The summed E-state index contributed by atoms with van der Waals surface area (Å²) in [5, 5.41) is 2.12. The number of hydrogen-bond acceptors (Lipinski definition) is 3. The van der Waals surface area contributed by atoms with Crippen molar-refractivity contribution in [2.75, 3.05) is 0 Å². The third kappa shape index (κ3) is 3.04. The number of aryl methyl sites for hydroxylation is 1. The minimum atomic E-state index is -0.629. The molecule has 0 aromatic heterocycles. The zero-order chi connectivity index (χ0) is 13.8. The van der Waals surface area contributed by atoms with E-state index in [1.165, 1.54) is 6.08 Å². The number of hydrogen-bond donors (Lipinski definition) is 1. The van der Waals surface area contributed by atoms with Gasteiger partial charge in [-0.3, -0.25) is 19.7 Å². The van der Waals surface area contributed by atoms with Crippen LogP contribution in [0.15, 0.2) is 42.0 Å². The highest BCUT2D eigenvalue weighted by Crippen LogP contribution is 2.11. The van der Waals surface area contributed by atoms with Gasteiger partial charge in [0.05, 0.1) is 12.0 Å². The van der Waals surface area contributed by atoms with Crippen LogP contribution >= 0.6 is 0 Å². The lowest BCUT2D eigenvalue weighted by Gasteiger charge is -2.11. The second-order valence-electron chi connectivity index (χ2n) is 4.27. The van der Waals surface area contributed by atoms with Crippen molar-refractivity contribution in [3.8, 4) is 0 Å². The minimum Gasteiger partial charge on any atom is -0.293 e. The molecule has 1 N–H and O–H groups in total. The molecule has 1 aromatic carbocycles. The van der Waals surface area contributed by atoms with E-state index in [1.807, 2.05) is 37.3 Å². The molecule has 0 unspecified atom stereocenters. The van der Waals surface area contributed by atoms with Gasteiger partial charge in [0.25, 0.3) is 5.91 Å². The lowest BCUT2D eigenvalue weighted by Crippen LogP contribution is -2.40. The molecule has 96 valence electrons. The van der Waals surface area contributed by atoms with Crippen molar-refractivity contribution in [1.29, 1.82) is 0 Å². The van der Waals surface area contributed by atoms with E-state index in [9.17, 15) is 14.4 Å². The Morgan fingerprint density at radius 2 is 1.89 bits per heavy atom. The number of allylic oxidation sites excluding steroid dienone is 2. The van der Waals surface area contributed by atoms with Crippen molar-refractivity contribution >= 4 is 23.7 Å². The fourth-order valence-electron chi connectivity index (χ4n) is 1.80. The molecular weight excluding hydrogens is 242 g/mol. The number of amides is 2. The van der Waals surface area contributed by atoms with Gasteiger partial charge in [0.2, 0.25) is 5.91 Å². The average Bonchev–Trinajstić information content (AvgIpc) is 2.34. The van der Waals surface area contributed by atoms with Crippen LogP contribution in [-0.2, 0) is 14.4 Å². The molecule has 0 aliphatic carbocycles. The van der Waals surface area contributed by atoms with Crippen molar-refractivity contribution < 1.29 is 14.4 Å². The summed E-state index contributed by atoms with van der Waals surface area (Å²) in [7, 11) is 0. The number of carbonyl (C=O) groups is 3. The monoisotopic (exact) mass is 255 g/mol. The summed E-state index contributed by atoms with van der Waals surface area (Å²) in [5.74, 6) is -1.62. The fraction of sp³-hybridized carbons (Fsp3) is 0.133.